The maximum atomic E-state index is 6.14. The SMILES string of the molecule is Cc1[nH]nc(CN(C)C[C@H]2CCCCO2)c1Cl. The fourth-order valence-electron chi connectivity index (χ4n) is 2.19. The lowest BCUT2D eigenvalue weighted by atomic mass is 10.1. The molecule has 0 amide bonds. The summed E-state index contributed by atoms with van der Waals surface area (Å²) in [6, 6.07) is 0. The first-order valence-electron chi connectivity index (χ1n) is 6.16. The molecule has 0 aromatic carbocycles. The second-order valence-corrected chi connectivity index (χ2v) is 5.17. The number of hydrogen-bond acceptors (Lipinski definition) is 3. The van der Waals surface area contributed by atoms with Crippen molar-refractivity contribution in [1.82, 2.24) is 15.1 Å². The molecule has 5 heteroatoms. The maximum absolute atomic E-state index is 6.14. The van der Waals surface area contributed by atoms with Gasteiger partial charge in [-0.05, 0) is 33.2 Å². The molecule has 0 unspecified atom stereocenters. The fourth-order valence-corrected chi connectivity index (χ4v) is 2.33. The molecule has 1 aliphatic rings. The molecule has 1 aromatic rings. The van der Waals surface area contributed by atoms with Gasteiger partial charge >= 0.3 is 0 Å². The summed E-state index contributed by atoms with van der Waals surface area (Å²) < 4.78 is 5.72. The lowest BCUT2D eigenvalue weighted by Crippen LogP contribution is -2.33. The van der Waals surface area contributed by atoms with Crippen molar-refractivity contribution in [3.8, 4) is 0 Å². The highest BCUT2D eigenvalue weighted by Gasteiger charge is 2.17. The molecule has 2 rings (SSSR count). The second kappa shape index (κ2) is 5.85. The zero-order valence-corrected chi connectivity index (χ0v) is 11.3. The van der Waals surface area contributed by atoms with Crippen LogP contribution in [-0.4, -0.2) is 41.4 Å². The molecule has 1 fully saturated rings. The molecular weight excluding hydrogens is 238 g/mol. The van der Waals surface area contributed by atoms with Crippen LogP contribution < -0.4 is 0 Å². The van der Waals surface area contributed by atoms with E-state index >= 15 is 0 Å². The van der Waals surface area contributed by atoms with E-state index in [1.807, 2.05) is 6.92 Å². The van der Waals surface area contributed by atoms with E-state index in [9.17, 15) is 0 Å². The number of ether oxygens (including phenoxy) is 1. The van der Waals surface area contributed by atoms with Crippen molar-refractivity contribution in [2.75, 3.05) is 20.2 Å². The first kappa shape index (κ1) is 12.9. The van der Waals surface area contributed by atoms with Crippen LogP contribution in [0.5, 0.6) is 0 Å². The third-order valence-electron chi connectivity index (χ3n) is 3.15. The molecule has 0 radical (unpaired) electrons. The Morgan fingerprint density at radius 2 is 2.35 bits per heavy atom. The normalized spacial score (nSPS) is 21.1. The van der Waals surface area contributed by atoms with Crippen molar-refractivity contribution in [3.63, 3.8) is 0 Å². The molecule has 1 saturated heterocycles. The molecule has 0 aliphatic carbocycles. The lowest BCUT2D eigenvalue weighted by molar-refractivity contribution is -0.00274. The molecule has 4 nitrogen and oxygen atoms in total. The highest BCUT2D eigenvalue weighted by atomic mass is 35.5. The number of halogens is 1. The van der Waals surface area contributed by atoms with E-state index in [4.69, 9.17) is 16.3 Å². The van der Waals surface area contributed by atoms with Crippen LogP contribution in [-0.2, 0) is 11.3 Å². The first-order valence-corrected chi connectivity index (χ1v) is 6.54. The Balaban J connectivity index is 1.84. The Morgan fingerprint density at radius 1 is 1.53 bits per heavy atom. The molecule has 0 saturated carbocycles. The second-order valence-electron chi connectivity index (χ2n) is 4.79. The van der Waals surface area contributed by atoms with Crippen LogP contribution in [0.4, 0.5) is 0 Å². The summed E-state index contributed by atoms with van der Waals surface area (Å²) in [5.74, 6) is 0. The van der Waals surface area contributed by atoms with Crippen molar-refractivity contribution in [3.05, 3.63) is 16.4 Å². The molecule has 17 heavy (non-hydrogen) atoms. The Kier molecular flexibility index (Phi) is 4.42. The smallest absolute Gasteiger partial charge is 0.0951 e. The number of aryl methyl sites for hydroxylation is 1. The van der Waals surface area contributed by atoms with Gasteiger partial charge in [0.05, 0.1) is 22.5 Å². The quantitative estimate of drug-likeness (QED) is 0.900. The average Bonchev–Trinajstić information content (AvgIpc) is 2.62. The topological polar surface area (TPSA) is 41.2 Å². The van der Waals surface area contributed by atoms with Gasteiger partial charge < -0.3 is 4.74 Å². The summed E-state index contributed by atoms with van der Waals surface area (Å²) in [6.45, 7) is 4.55. The number of aromatic nitrogens is 2. The van der Waals surface area contributed by atoms with Gasteiger partial charge in [-0.1, -0.05) is 11.6 Å². The van der Waals surface area contributed by atoms with Crippen molar-refractivity contribution < 1.29 is 4.74 Å². The van der Waals surface area contributed by atoms with E-state index in [-0.39, 0.29) is 0 Å². The van der Waals surface area contributed by atoms with Gasteiger partial charge in [0, 0.05) is 19.7 Å². The number of nitrogens with one attached hydrogen (secondary N) is 1. The van der Waals surface area contributed by atoms with Gasteiger partial charge in [0.15, 0.2) is 0 Å². The van der Waals surface area contributed by atoms with Gasteiger partial charge in [-0.3, -0.25) is 10.00 Å². The summed E-state index contributed by atoms with van der Waals surface area (Å²) in [5.41, 5.74) is 1.85. The van der Waals surface area contributed by atoms with E-state index in [1.165, 1.54) is 12.8 Å². The molecule has 2 heterocycles. The van der Waals surface area contributed by atoms with E-state index in [0.717, 1.165) is 42.5 Å². The Labute approximate surface area is 107 Å². The fraction of sp³-hybridized carbons (Fsp3) is 0.750. The van der Waals surface area contributed by atoms with E-state index in [0.29, 0.717) is 6.10 Å². The Bertz CT molecular complexity index is 361. The largest absolute Gasteiger partial charge is 0.377 e. The van der Waals surface area contributed by atoms with Crippen LogP contribution in [0.3, 0.4) is 0 Å². The minimum atomic E-state index is 0.368. The third kappa shape index (κ3) is 3.44. The lowest BCUT2D eigenvalue weighted by Gasteiger charge is -2.27. The van der Waals surface area contributed by atoms with Crippen LogP contribution in [0.1, 0.15) is 30.7 Å². The molecule has 1 atom stereocenters. The van der Waals surface area contributed by atoms with E-state index < -0.39 is 0 Å². The number of nitrogens with zero attached hydrogens (tertiary/aromatic N) is 2. The average molecular weight is 258 g/mol. The summed E-state index contributed by atoms with van der Waals surface area (Å²) in [5, 5.41) is 7.87. The minimum Gasteiger partial charge on any atom is -0.377 e. The zero-order valence-electron chi connectivity index (χ0n) is 10.5. The van der Waals surface area contributed by atoms with Crippen molar-refractivity contribution in [2.45, 2.75) is 38.8 Å². The number of H-pyrrole nitrogens is 1. The highest BCUT2D eigenvalue weighted by molar-refractivity contribution is 6.31. The maximum Gasteiger partial charge on any atom is 0.0951 e. The Hall–Kier alpha value is -0.580. The van der Waals surface area contributed by atoms with E-state index in [1.54, 1.807) is 0 Å². The van der Waals surface area contributed by atoms with Crippen LogP contribution in [0.2, 0.25) is 5.02 Å². The first-order chi connectivity index (χ1) is 8.16. The van der Waals surface area contributed by atoms with Crippen LogP contribution in [0.15, 0.2) is 0 Å². The number of aromatic amines is 1. The van der Waals surface area contributed by atoms with Crippen LogP contribution >= 0.6 is 11.6 Å². The number of hydrogen-bond donors (Lipinski definition) is 1. The summed E-state index contributed by atoms with van der Waals surface area (Å²) >= 11 is 6.14. The molecule has 1 aromatic heterocycles. The molecule has 96 valence electrons. The minimum absolute atomic E-state index is 0.368. The molecule has 0 spiro atoms. The van der Waals surface area contributed by atoms with Gasteiger partial charge in [0.25, 0.3) is 0 Å². The summed E-state index contributed by atoms with van der Waals surface area (Å²) in [4.78, 5) is 2.22. The highest BCUT2D eigenvalue weighted by Crippen LogP contribution is 2.19. The van der Waals surface area contributed by atoms with Gasteiger partial charge in [-0.15, -0.1) is 0 Å². The molecule has 1 N–H and O–H groups in total. The van der Waals surface area contributed by atoms with Crippen molar-refractivity contribution in [1.29, 1.82) is 0 Å². The predicted molar refractivity (Wildman–Crippen MR) is 68.3 cm³/mol. The zero-order chi connectivity index (χ0) is 12.3. The summed E-state index contributed by atoms with van der Waals surface area (Å²) in [6.07, 6.45) is 4.01. The molecule has 0 bridgehead atoms. The standard InChI is InChI=1S/C12H20ClN3O/c1-9-12(13)11(15-14-9)8-16(2)7-10-5-3-4-6-17-10/h10H,3-8H2,1-2H3,(H,14,15)/t10-/m1/s1. The third-order valence-corrected chi connectivity index (χ3v) is 3.65. The summed E-state index contributed by atoms with van der Waals surface area (Å²) in [7, 11) is 2.08. The van der Waals surface area contributed by atoms with Gasteiger partial charge in [-0.25, -0.2) is 0 Å². The Morgan fingerprint density at radius 3 is 2.94 bits per heavy atom. The number of rotatable bonds is 4. The van der Waals surface area contributed by atoms with Gasteiger partial charge in [-0.2, -0.15) is 5.10 Å². The predicted octanol–water partition coefficient (Wildman–Crippen LogP) is 2.37. The van der Waals surface area contributed by atoms with Crippen molar-refractivity contribution in [2.24, 2.45) is 0 Å². The van der Waals surface area contributed by atoms with Gasteiger partial charge in [0.1, 0.15) is 0 Å². The number of likely N-dealkylation sites (N-methyl/N-ethyl adjacent to an activating group) is 1. The van der Waals surface area contributed by atoms with E-state index in [2.05, 4.69) is 22.1 Å². The monoisotopic (exact) mass is 257 g/mol. The van der Waals surface area contributed by atoms with Gasteiger partial charge in [0.2, 0.25) is 0 Å². The van der Waals surface area contributed by atoms with Crippen LogP contribution in [0, 0.1) is 6.92 Å². The molecular formula is C12H20ClN3O. The van der Waals surface area contributed by atoms with Crippen molar-refractivity contribution >= 4 is 11.6 Å². The van der Waals surface area contributed by atoms with Crippen LogP contribution in [0.25, 0.3) is 0 Å². The molecule has 1 aliphatic heterocycles.